The quantitative estimate of drug-likeness (QED) is 0.873. The third-order valence-electron chi connectivity index (χ3n) is 3.62. The second kappa shape index (κ2) is 4.71. The molecule has 114 valence electrons. The average molecular weight is 310 g/mol. The van der Waals surface area contributed by atoms with Crippen LogP contribution in [0.5, 0.6) is 0 Å². The number of nitrogens with two attached hydrogens (primary N) is 1. The van der Waals surface area contributed by atoms with Gasteiger partial charge in [-0.2, -0.15) is 4.98 Å². The molecule has 0 radical (unpaired) electrons. The third kappa shape index (κ3) is 2.89. The smallest absolute Gasteiger partial charge is 0.316 e. The van der Waals surface area contributed by atoms with Crippen molar-refractivity contribution in [1.82, 2.24) is 4.98 Å². The minimum absolute atomic E-state index is 0.112. The van der Waals surface area contributed by atoms with Crippen molar-refractivity contribution in [2.45, 2.75) is 43.6 Å². The van der Waals surface area contributed by atoms with Gasteiger partial charge in [-0.3, -0.25) is 0 Å². The lowest BCUT2D eigenvalue weighted by molar-refractivity contribution is -0.00538. The predicted molar refractivity (Wildman–Crippen MR) is 78.7 cm³/mol. The molecule has 2 N–H and O–H groups in total. The third-order valence-corrected chi connectivity index (χ3v) is 5.13. The van der Waals surface area contributed by atoms with E-state index in [2.05, 4.69) is 4.98 Å². The van der Waals surface area contributed by atoms with E-state index in [1.54, 1.807) is 18.2 Å². The number of anilines is 1. The second-order valence-corrected chi connectivity index (χ2v) is 7.94. The maximum Gasteiger partial charge on any atom is 0.316 e. The van der Waals surface area contributed by atoms with Crippen LogP contribution in [0, 0.1) is 0 Å². The molecule has 0 bridgehead atoms. The fourth-order valence-electron chi connectivity index (χ4n) is 2.57. The summed E-state index contributed by atoms with van der Waals surface area (Å²) < 4.78 is 35.8. The number of oxazole rings is 1. The van der Waals surface area contributed by atoms with E-state index in [1.807, 2.05) is 13.8 Å². The van der Waals surface area contributed by atoms with Gasteiger partial charge >= 0.3 is 5.22 Å². The minimum atomic E-state index is -3.61. The molecule has 21 heavy (non-hydrogen) atoms. The highest BCUT2D eigenvalue weighted by atomic mass is 32.2. The van der Waals surface area contributed by atoms with E-state index in [-0.39, 0.29) is 22.7 Å². The molecule has 6 nitrogen and oxygen atoms in total. The second-order valence-electron chi connectivity index (χ2n) is 6.03. The van der Waals surface area contributed by atoms with Crippen LogP contribution >= 0.6 is 0 Å². The molecule has 2 aromatic rings. The molecule has 0 amide bonds. The molecular formula is C14H18N2O4S. The number of nitrogen functional groups attached to an aromatic ring is 1. The van der Waals surface area contributed by atoms with Crippen molar-refractivity contribution in [3.05, 3.63) is 18.2 Å². The predicted octanol–water partition coefficient (Wildman–Crippen LogP) is 2.14. The van der Waals surface area contributed by atoms with Crippen molar-refractivity contribution in [2.75, 3.05) is 11.5 Å². The molecule has 7 heteroatoms. The number of aromatic nitrogens is 1. The Morgan fingerprint density at radius 1 is 1.43 bits per heavy atom. The molecule has 0 aliphatic carbocycles. The maximum absolute atomic E-state index is 12.4. The zero-order chi connectivity index (χ0) is 15.3. The molecular weight excluding hydrogens is 292 g/mol. The molecule has 3 rings (SSSR count). The molecule has 1 unspecified atom stereocenters. The van der Waals surface area contributed by atoms with Crippen molar-refractivity contribution in [3.63, 3.8) is 0 Å². The van der Waals surface area contributed by atoms with E-state index in [0.29, 0.717) is 16.8 Å². The lowest BCUT2D eigenvalue weighted by Gasteiger charge is -2.18. The van der Waals surface area contributed by atoms with Crippen LogP contribution in [0.2, 0.25) is 0 Å². The van der Waals surface area contributed by atoms with Gasteiger partial charge in [-0.05, 0) is 44.9 Å². The summed E-state index contributed by atoms with van der Waals surface area (Å²) in [6.45, 7) is 3.92. The monoisotopic (exact) mass is 310 g/mol. The Hall–Kier alpha value is -1.60. The van der Waals surface area contributed by atoms with E-state index in [1.165, 1.54) is 0 Å². The number of rotatable bonds is 3. The number of benzene rings is 1. The SMILES string of the molecule is CC1(C)CCC(CS(=O)(=O)c2nc3cc(N)ccc3o2)O1. The first-order chi connectivity index (χ1) is 9.75. The van der Waals surface area contributed by atoms with Crippen molar-refractivity contribution < 1.29 is 17.6 Å². The zero-order valence-corrected chi connectivity index (χ0v) is 12.8. The van der Waals surface area contributed by atoms with Gasteiger partial charge in [0.25, 0.3) is 0 Å². The van der Waals surface area contributed by atoms with Crippen LogP contribution in [0.1, 0.15) is 26.7 Å². The van der Waals surface area contributed by atoms with Crippen LogP contribution < -0.4 is 5.73 Å². The van der Waals surface area contributed by atoms with E-state index >= 15 is 0 Å². The minimum Gasteiger partial charge on any atom is -0.428 e. The van der Waals surface area contributed by atoms with Crippen LogP contribution in [0.4, 0.5) is 5.69 Å². The van der Waals surface area contributed by atoms with Gasteiger partial charge in [0.2, 0.25) is 9.84 Å². The molecule has 1 fully saturated rings. The highest BCUT2D eigenvalue weighted by Gasteiger charge is 2.36. The molecule has 0 spiro atoms. The maximum atomic E-state index is 12.4. The number of ether oxygens (including phenoxy) is 1. The fraction of sp³-hybridized carbons (Fsp3) is 0.500. The van der Waals surface area contributed by atoms with Gasteiger partial charge in [0.1, 0.15) is 5.52 Å². The van der Waals surface area contributed by atoms with E-state index in [0.717, 1.165) is 12.8 Å². The Morgan fingerprint density at radius 2 is 2.19 bits per heavy atom. The van der Waals surface area contributed by atoms with Gasteiger partial charge in [-0.15, -0.1) is 0 Å². The molecule has 2 heterocycles. The summed E-state index contributed by atoms with van der Waals surface area (Å²) in [5.41, 5.74) is 6.76. The summed E-state index contributed by atoms with van der Waals surface area (Å²) in [5, 5.41) is -0.267. The number of hydrogen-bond acceptors (Lipinski definition) is 6. The normalized spacial score (nSPS) is 21.9. The van der Waals surface area contributed by atoms with Crippen LogP contribution in [0.15, 0.2) is 27.8 Å². The van der Waals surface area contributed by atoms with Crippen LogP contribution in [-0.2, 0) is 14.6 Å². The molecule has 1 aliphatic rings. The van der Waals surface area contributed by atoms with Crippen LogP contribution in [-0.4, -0.2) is 30.9 Å². The summed E-state index contributed by atoms with van der Waals surface area (Å²) in [6.07, 6.45) is 1.25. The summed E-state index contributed by atoms with van der Waals surface area (Å²) in [4.78, 5) is 4.03. The Bertz CT molecular complexity index is 779. The van der Waals surface area contributed by atoms with Gasteiger partial charge < -0.3 is 14.9 Å². The lowest BCUT2D eigenvalue weighted by Crippen LogP contribution is -2.25. The van der Waals surface area contributed by atoms with Gasteiger partial charge in [-0.1, -0.05) is 0 Å². The first-order valence-electron chi connectivity index (χ1n) is 6.82. The molecule has 1 saturated heterocycles. The molecule has 1 aromatic carbocycles. The largest absolute Gasteiger partial charge is 0.428 e. The van der Waals surface area contributed by atoms with E-state index in [9.17, 15) is 8.42 Å². The van der Waals surface area contributed by atoms with Crippen molar-refractivity contribution in [3.8, 4) is 0 Å². The first kappa shape index (κ1) is 14.3. The van der Waals surface area contributed by atoms with Gasteiger partial charge in [0.05, 0.1) is 17.5 Å². The highest BCUT2D eigenvalue weighted by molar-refractivity contribution is 7.91. The lowest BCUT2D eigenvalue weighted by atomic mass is 10.1. The topological polar surface area (TPSA) is 95.4 Å². The Labute approximate surface area is 123 Å². The molecule has 0 saturated carbocycles. The number of sulfone groups is 1. The summed E-state index contributed by atoms with van der Waals surface area (Å²) in [5.74, 6) is -0.112. The number of fused-ring (bicyclic) bond motifs is 1. The zero-order valence-electron chi connectivity index (χ0n) is 12.0. The Morgan fingerprint density at radius 3 is 2.86 bits per heavy atom. The van der Waals surface area contributed by atoms with Crippen LogP contribution in [0.3, 0.4) is 0 Å². The number of hydrogen-bond donors (Lipinski definition) is 1. The standard InChI is InChI=1S/C14H18N2O4S/c1-14(2)6-5-10(20-14)8-21(17,18)13-16-11-7-9(15)3-4-12(11)19-13/h3-4,7,10H,5-6,8,15H2,1-2H3. The molecule has 1 atom stereocenters. The van der Waals surface area contributed by atoms with Crippen LogP contribution in [0.25, 0.3) is 11.1 Å². The van der Waals surface area contributed by atoms with Crippen molar-refractivity contribution >= 4 is 26.6 Å². The fourth-order valence-corrected chi connectivity index (χ4v) is 3.89. The van der Waals surface area contributed by atoms with Crippen molar-refractivity contribution in [1.29, 1.82) is 0 Å². The van der Waals surface area contributed by atoms with Gasteiger partial charge in [0, 0.05) is 5.69 Å². The van der Waals surface area contributed by atoms with Gasteiger partial charge in [-0.25, -0.2) is 8.42 Å². The summed E-state index contributed by atoms with van der Waals surface area (Å²) >= 11 is 0. The molecule has 1 aromatic heterocycles. The summed E-state index contributed by atoms with van der Waals surface area (Å²) in [7, 11) is -3.61. The Balaban J connectivity index is 1.86. The van der Waals surface area contributed by atoms with Gasteiger partial charge in [0.15, 0.2) is 5.58 Å². The highest BCUT2D eigenvalue weighted by Crippen LogP contribution is 2.31. The van der Waals surface area contributed by atoms with E-state index < -0.39 is 9.84 Å². The summed E-state index contributed by atoms with van der Waals surface area (Å²) in [6, 6.07) is 4.85. The van der Waals surface area contributed by atoms with E-state index in [4.69, 9.17) is 14.9 Å². The Kier molecular flexibility index (Phi) is 3.22. The van der Waals surface area contributed by atoms with Crippen molar-refractivity contribution in [2.24, 2.45) is 0 Å². The average Bonchev–Trinajstić information content (AvgIpc) is 2.92. The molecule has 1 aliphatic heterocycles. The first-order valence-corrected chi connectivity index (χ1v) is 8.47. The number of nitrogens with zero attached hydrogens (tertiary/aromatic N) is 1.